The van der Waals surface area contributed by atoms with Gasteiger partial charge in [0.25, 0.3) is 11.5 Å². The van der Waals surface area contributed by atoms with E-state index < -0.39 is 33.9 Å². The second-order valence-electron chi connectivity index (χ2n) is 6.48. The summed E-state index contributed by atoms with van der Waals surface area (Å²) in [5.74, 6) is -1.52. The van der Waals surface area contributed by atoms with Gasteiger partial charge in [-0.25, -0.2) is 17.9 Å². The standard InChI is InChI=1S/C17H19N3O6S/c1-10(15(21)18-11-7-8-27(24,25)9-11)26-17(23)14-12-5-3-4-6-13(12)16(22)20(2)19-14/h3-6,10-11H,7-9H2,1-2H3,(H,18,21)/t10-,11-/m1/s1. The molecule has 1 aliphatic rings. The third-order valence-electron chi connectivity index (χ3n) is 4.38. The van der Waals surface area contributed by atoms with Crippen molar-refractivity contribution >= 4 is 32.5 Å². The Bertz CT molecular complexity index is 1080. The molecule has 1 saturated heterocycles. The third kappa shape index (κ3) is 4.00. The monoisotopic (exact) mass is 393 g/mol. The van der Waals surface area contributed by atoms with Crippen LogP contribution in [0.25, 0.3) is 10.8 Å². The summed E-state index contributed by atoms with van der Waals surface area (Å²) in [4.78, 5) is 36.8. The van der Waals surface area contributed by atoms with Gasteiger partial charge >= 0.3 is 5.97 Å². The first-order valence-corrected chi connectivity index (χ1v) is 10.2. The fraction of sp³-hybridized carbons (Fsp3) is 0.412. The molecule has 1 aromatic carbocycles. The number of aromatic nitrogens is 2. The van der Waals surface area contributed by atoms with E-state index in [1.807, 2.05) is 0 Å². The Morgan fingerprint density at radius 3 is 2.59 bits per heavy atom. The quantitative estimate of drug-likeness (QED) is 0.712. The van der Waals surface area contributed by atoms with Gasteiger partial charge in [-0.1, -0.05) is 18.2 Å². The van der Waals surface area contributed by atoms with Crippen molar-refractivity contribution in [3.05, 3.63) is 40.3 Å². The Kier molecular flexibility index (Phi) is 5.01. The van der Waals surface area contributed by atoms with Crippen LogP contribution in [0.4, 0.5) is 0 Å². The lowest BCUT2D eigenvalue weighted by atomic mass is 10.1. The molecule has 1 aliphatic heterocycles. The van der Waals surface area contributed by atoms with Crippen LogP contribution in [-0.2, 0) is 26.4 Å². The second kappa shape index (κ2) is 7.10. The molecule has 27 heavy (non-hydrogen) atoms. The lowest BCUT2D eigenvalue weighted by Crippen LogP contribution is -2.42. The third-order valence-corrected chi connectivity index (χ3v) is 6.15. The molecule has 10 heteroatoms. The van der Waals surface area contributed by atoms with Crippen molar-refractivity contribution in [2.24, 2.45) is 7.05 Å². The van der Waals surface area contributed by atoms with Crippen molar-refractivity contribution < 1.29 is 22.7 Å². The van der Waals surface area contributed by atoms with Crippen molar-refractivity contribution in [3.8, 4) is 0 Å². The van der Waals surface area contributed by atoms with Crippen molar-refractivity contribution in [2.45, 2.75) is 25.5 Å². The maximum absolute atomic E-state index is 12.5. The van der Waals surface area contributed by atoms with Crippen LogP contribution >= 0.6 is 0 Å². The largest absolute Gasteiger partial charge is 0.448 e. The number of ether oxygens (including phenoxy) is 1. The number of amides is 1. The molecular weight excluding hydrogens is 374 g/mol. The molecule has 3 rings (SSSR count). The predicted octanol–water partition coefficient (Wildman–Crippen LogP) is -0.218. The molecule has 2 atom stereocenters. The molecule has 1 amide bonds. The molecule has 0 unspecified atom stereocenters. The van der Waals surface area contributed by atoms with Gasteiger partial charge in [-0.3, -0.25) is 9.59 Å². The van der Waals surface area contributed by atoms with Gasteiger partial charge in [0.1, 0.15) is 0 Å². The minimum Gasteiger partial charge on any atom is -0.448 e. The lowest BCUT2D eigenvalue weighted by Gasteiger charge is -2.17. The van der Waals surface area contributed by atoms with E-state index in [0.717, 1.165) is 4.68 Å². The maximum Gasteiger partial charge on any atom is 0.360 e. The number of hydrogen-bond acceptors (Lipinski definition) is 7. The number of nitrogens with one attached hydrogen (secondary N) is 1. The summed E-state index contributed by atoms with van der Waals surface area (Å²) in [6.07, 6.45) is -0.805. The summed E-state index contributed by atoms with van der Waals surface area (Å²) < 4.78 is 29.2. The molecule has 144 valence electrons. The zero-order valence-electron chi connectivity index (χ0n) is 14.8. The van der Waals surface area contributed by atoms with Gasteiger partial charge in [-0.15, -0.1) is 0 Å². The fourth-order valence-corrected chi connectivity index (χ4v) is 4.62. The van der Waals surface area contributed by atoms with Crippen LogP contribution in [0.15, 0.2) is 29.1 Å². The summed E-state index contributed by atoms with van der Waals surface area (Å²) in [5, 5.41) is 7.18. The van der Waals surface area contributed by atoms with E-state index in [4.69, 9.17) is 4.74 Å². The zero-order chi connectivity index (χ0) is 19.8. The number of esters is 1. The highest BCUT2D eigenvalue weighted by Gasteiger charge is 2.31. The van der Waals surface area contributed by atoms with E-state index >= 15 is 0 Å². The smallest absolute Gasteiger partial charge is 0.360 e. The molecular formula is C17H19N3O6S. The Balaban J connectivity index is 1.75. The van der Waals surface area contributed by atoms with Gasteiger partial charge in [-0.2, -0.15) is 5.10 Å². The Morgan fingerprint density at radius 2 is 1.96 bits per heavy atom. The molecule has 0 saturated carbocycles. The summed E-state index contributed by atoms with van der Waals surface area (Å²) >= 11 is 0. The normalized spacial score (nSPS) is 19.6. The van der Waals surface area contributed by atoms with E-state index in [9.17, 15) is 22.8 Å². The first kappa shape index (κ1) is 19.0. The van der Waals surface area contributed by atoms with E-state index in [1.54, 1.807) is 24.3 Å². The second-order valence-corrected chi connectivity index (χ2v) is 8.71. The SMILES string of the molecule is C[C@@H](OC(=O)c1nn(C)c(=O)c2ccccc12)C(=O)N[C@@H]1CCS(=O)(=O)C1. The number of benzene rings is 1. The zero-order valence-corrected chi connectivity index (χ0v) is 15.7. The fourth-order valence-electron chi connectivity index (χ4n) is 2.95. The lowest BCUT2D eigenvalue weighted by molar-refractivity contribution is -0.129. The Morgan fingerprint density at radius 1 is 1.30 bits per heavy atom. The van der Waals surface area contributed by atoms with Crippen LogP contribution in [-0.4, -0.2) is 53.7 Å². The number of nitrogens with zero attached hydrogens (tertiary/aromatic N) is 2. The number of hydrogen-bond donors (Lipinski definition) is 1. The van der Waals surface area contributed by atoms with Crippen molar-refractivity contribution in [2.75, 3.05) is 11.5 Å². The van der Waals surface area contributed by atoms with E-state index in [1.165, 1.54) is 14.0 Å². The molecule has 0 radical (unpaired) electrons. The van der Waals surface area contributed by atoms with Crippen LogP contribution in [0.5, 0.6) is 0 Å². The minimum atomic E-state index is -3.13. The summed E-state index contributed by atoms with van der Waals surface area (Å²) in [7, 11) is -1.71. The van der Waals surface area contributed by atoms with Gasteiger partial charge in [-0.05, 0) is 19.4 Å². The van der Waals surface area contributed by atoms with Crippen LogP contribution in [0.2, 0.25) is 0 Å². The van der Waals surface area contributed by atoms with E-state index in [-0.39, 0.29) is 22.8 Å². The van der Waals surface area contributed by atoms with Gasteiger partial charge in [0.05, 0.1) is 16.9 Å². The molecule has 1 fully saturated rings. The van der Waals surface area contributed by atoms with Crippen LogP contribution < -0.4 is 10.9 Å². The average molecular weight is 393 g/mol. The highest BCUT2D eigenvalue weighted by Crippen LogP contribution is 2.15. The molecule has 2 aromatic rings. The topological polar surface area (TPSA) is 124 Å². The summed E-state index contributed by atoms with van der Waals surface area (Å²) in [5.41, 5.74) is -0.425. The summed E-state index contributed by atoms with van der Waals surface area (Å²) in [6, 6.07) is 6.00. The Hall–Kier alpha value is -2.75. The van der Waals surface area contributed by atoms with Crippen molar-refractivity contribution in [3.63, 3.8) is 0 Å². The molecule has 0 spiro atoms. The minimum absolute atomic E-state index is 0.0278. The first-order valence-electron chi connectivity index (χ1n) is 8.36. The first-order chi connectivity index (χ1) is 12.7. The number of aryl methyl sites for hydroxylation is 1. The molecule has 0 aliphatic carbocycles. The maximum atomic E-state index is 12.5. The van der Waals surface area contributed by atoms with Gasteiger partial charge in [0, 0.05) is 18.5 Å². The van der Waals surface area contributed by atoms with Gasteiger partial charge < -0.3 is 10.1 Å². The number of fused-ring (bicyclic) bond motifs is 1. The summed E-state index contributed by atoms with van der Waals surface area (Å²) in [6.45, 7) is 1.39. The highest BCUT2D eigenvalue weighted by molar-refractivity contribution is 7.91. The van der Waals surface area contributed by atoms with Crippen LogP contribution in [0.1, 0.15) is 23.8 Å². The van der Waals surface area contributed by atoms with E-state index in [0.29, 0.717) is 17.2 Å². The van der Waals surface area contributed by atoms with Crippen LogP contribution in [0.3, 0.4) is 0 Å². The number of rotatable bonds is 4. The molecule has 9 nitrogen and oxygen atoms in total. The molecule has 1 aromatic heterocycles. The molecule has 0 bridgehead atoms. The molecule has 2 heterocycles. The van der Waals surface area contributed by atoms with Crippen LogP contribution in [0, 0.1) is 0 Å². The van der Waals surface area contributed by atoms with E-state index in [2.05, 4.69) is 10.4 Å². The van der Waals surface area contributed by atoms with Crippen molar-refractivity contribution in [1.29, 1.82) is 0 Å². The van der Waals surface area contributed by atoms with Gasteiger partial charge in [0.15, 0.2) is 21.6 Å². The highest BCUT2D eigenvalue weighted by atomic mass is 32.2. The average Bonchev–Trinajstić information content (AvgIpc) is 2.96. The number of sulfone groups is 1. The van der Waals surface area contributed by atoms with Gasteiger partial charge in [0.2, 0.25) is 0 Å². The predicted molar refractivity (Wildman–Crippen MR) is 97.1 cm³/mol. The molecule has 1 N–H and O–H groups in total. The number of carbonyl (C=O) groups is 2. The number of carbonyl (C=O) groups excluding carboxylic acids is 2. The van der Waals surface area contributed by atoms with Crippen molar-refractivity contribution in [1.82, 2.24) is 15.1 Å². The Labute approximate surface area is 155 Å².